The van der Waals surface area contributed by atoms with Crippen LogP contribution in [0.25, 0.3) is 0 Å². The van der Waals surface area contributed by atoms with Gasteiger partial charge in [-0.3, -0.25) is 19.7 Å². The highest BCUT2D eigenvalue weighted by molar-refractivity contribution is 5.88. The first-order chi connectivity index (χ1) is 14.3. The number of para-hydroxylation sites is 1. The molecule has 0 unspecified atom stereocenters. The van der Waals surface area contributed by atoms with Crippen molar-refractivity contribution < 1.29 is 18.9 Å². The lowest BCUT2D eigenvalue weighted by Gasteiger charge is -2.29. The lowest BCUT2D eigenvalue weighted by Crippen LogP contribution is -2.48. The Balaban J connectivity index is 2.28. The Labute approximate surface area is 175 Å². The van der Waals surface area contributed by atoms with E-state index in [2.05, 4.69) is 5.32 Å². The van der Waals surface area contributed by atoms with Crippen LogP contribution in [0.15, 0.2) is 48.5 Å². The van der Waals surface area contributed by atoms with E-state index in [1.54, 1.807) is 31.2 Å². The van der Waals surface area contributed by atoms with E-state index in [0.717, 1.165) is 12.8 Å². The van der Waals surface area contributed by atoms with Gasteiger partial charge in [-0.2, -0.15) is 0 Å². The predicted molar refractivity (Wildman–Crippen MR) is 111 cm³/mol. The second kappa shape index (κ2) is 11.0. The van der Waals surface area contributed by atoms with Crippen molar-refractivity contribution in [2.75, 3.05) is 6.54 Å². The molecule has 0 aliphatic carbocycles. The van der Waals surface area contributed by atoms with Crippen LogP contribution in [0.2, 0.25) is 0 Å². The molecule has 0 aliphatic heterocycles. The molecule has 160 valence electrons. The number of nitro groups is 1. The molecule has 8 heteroatoms. The van der Waals surface area contributed by atoms with Crippen molar-refractivity contribution in [2.24, 2.45) is 0 Å². The maximum absolute atomic E-state index is 14.2. The minimum atomic E-state index is -0.864. The van der Waals surface area contributed by atoms with Crippen LogP contribution in [-0.2, 0) is 22.6 Å². The quantitative estimate of drug-likeness (QED) is 0.364. The van der Waals surface area contributed by atoms with Crippen molar-refractivity contribution in [2.45, 2.75) is 45.7 Å². The molecular weight excluding hydrogens is 389 g/mol. The molecule has 1 atom stereocenters. The number of hydrogen-bond acceptors (Lipinski definition) is 4. The topological polar surface area (TPSA) is 92.6 Å². The van der Waals surface area contributed by atoms with Crippen LogP contribution in [0.1, 0.15) is 37.8 Å². The molecule has 0 fully saturated rings. The van der Waals surface area contributed by atoms with Gasteiger partial charge in [-0.1, -0.05) is 49.7 Å². The largest absolute Gasteiger partial charge is 0.354 e. The summed E-state index contributed by atoms with van der Waals surface area (Å²) in [6.45, 7) is 3.93. The Morgan fingerprint density at radius 1 is 1.13 bits per heavy atom. The van der Waals surface area contributed by atoms with Gasteiger partial charge in [0.15, 0.2) is 0 Å². The second-order valence-electron chi connectivity index (χ2n) is 7.00. The molecule has 2 aromatic carbocycles. The van der Waals surface area contributed by atoms with Crippen LogP contribution in [0.3, 0.4) is 0 Å². The summed E-state index contributed by atoms with van der Waals surface area (Å²) in [5.41, 5.74) is 0.336. The van der Waals surface area contributed by atoms with Crippen LogP contribution in [0, 0.1) is 15.9 Å². The zero-order chi connectivity index (χ0) is 22.1. The number of unbranched alkanes of at least 4 members (excludes halogenated alkanes) is 1. The Morgan fingerprint density at radius 2 is 1.77 bits per heavy atom. The van der Waals surface area contributed by atoms with Crippen LogP contribution in [0.5, 0.6) is 0 Å². The third kappa shape index (κ3) is 6.10. The molecule has 0 saturated heterocycles. The SMILES string of the molecule is CCCCNC(=O)[C@@H](C)N(Cc1ccccc1F)C(=O)Cc1ccccc1[N+](=O)[O-]. The molecule has 0 spiro atoms. The van der Waals surface area contributed by atoms with Gasteiger partial charge in [0.1, 0.15) is 11.9 Å². The Kier molecular flexibility index (Phi) is 8.46. The molecule has 0 aromatic heterocycles. The highest BCUT2D eigenvalue weighted by Crippen LogP contribution is 2.21. The minimum absolute atomic E-state index is 0.117. The van der Waals surface area contributed by atoms with E-state index in [0.29, 0.717) is 6.54 Å². The number of benzene rings is 2. The van der Waals surface area contributed by atoms with Crippen molar-refractivity contribution in [3.05, 3.63) is 75.6 Å². The first-order valence-electron chi connectivity index (χ1n) is 9.88. The predicted octanol–water partition coefficient (Wildman–Crippen LogP) is 3.61. The van der Waals surface area contributed by atoms with E-state index < -0.39 is 22.7 Å². The van der Waals surface area contributed by atoms with Gasteiger partial charge >= 0.3 is 0 Å². The van der Waals surface area contributed by atoms with Gasteiger partial charge in [-0.05, 0) is 19.4 Å². The summed E-state index contributed by atoms with van der Waals surface area (Å²) in [5.74, 6) is -1.33. The summed E-state index contributed by atoms with van der Waals surface area (Å²) < 4.78 is 14.2. The van der Waals surface area contributed by atoms with Gasteiger partial charge in [0.2, 0.25) is 11.8 Å². The van der Waals surface area contributed by atoms with E-state index in [1.165, 1.54) is 29.2 Å². The summed E-state index contributed by atoms with van der Waals surface area (Å²) in [6, 6.07) is 11.1. The molecule has 2 rings (SSSR count). The smallest absolute Gasteiger partial charge is 0.273 e. The molecule has 0 heterocycles. The maximum Gasteiger partial charge on any atom is 0.273 e. The Morgan fingerprint density at radius 3 is 2.40 bits per heavy atom. The van der Waals surface area contributed by atoms with Crippen LogP contribution >= 0.6 is 0 Å². The zero-order valence-electron chi connectivity index (χ0n) is 17.1. The molecule has 1 N–H and O–H groups in total. The van der Waals surface area contributed by atoms with Crippen LogP contribution in [-0.4, -0.2) is 34.2 Å². The van der Waals surface area contributed by atoms with Crippen LogP contribution < -0.4 is 5.32 Å². The molecule has 0 aliphatic rings. The fourth-order valence-corrected chi connectivity index (χ4v) is 3.03. The van der Waals surface area contributed by atoms with Gasteiger partial charge < -0.3 is 10.2 Å². The Hall–Kier alpha value is -3.29. The number of amides is 2. The van der Waals surface area contributed by atoms with Gasteiger partial charge in [-0.25, -0.2) is 4.39 Å². The third-order valence-corrected chi connectivity index (χ3v) is 4.83. The number of hydrogen-bond donors (Lipinski definition) is 1. The Bertz CT molecular complexity index is 903. The molecule has 0 bridgehead atoms. The summed E-state index contributed by atoms with van der Waals surface area (Å²) in [6.07, 6.45) is 1.44. The van der Waals surface area contributed by atoms with E-state index in [-0.39, 0.29) is 35.7 Å². The lowest BCUT2D eigenvalue weighted by atomic mass is 10.1. The summed E-state index contributed by atoms with van der Waals surface area (Å²) in [5, 5.41) is 14.0. The molecule has 0 radical (unpaired) electrons. The number of carbonyl (C=O) groups excluding carboxylic acids is 2. The second-order valence-corrected chi connectivity index (χ2v) is 7.00. The molecular formula is C22H26FN3O4. The number of halogens is 1. The van der Waals surface area contributed by atoms with Crippen molar-refractivity contribution in [1.29, 1.82) is 0 Å². The van der Waals surface area contributed by atoms with Crippen molar-refractivity contribution in [3.8, 4) is 0 Å². The molecule has 30 heavy (non-hydrogen) atoms. The fourth-order valence-electron chi connectivity index (χ4n) is 3.03. The number of nitrogens with one attached hydrogen (secondary N) is 1. The summed E-state index contributed by atoms with van der Waals surface area (Å²) in [7, 11) is 0. The van der Waals surface area contributed by atoms with E-state index >= 15 is 0 Å². The highest BCUT2D eigenvalue weighted by Gasteiger charge is 2.28. The number of nitro benzene ring substituents is 1. The maximum atomic E-state index is 14.2. The first-order valence-corrected chi connectivity index (χ1v) is 9.88. The minimum Gasteiger partial charge on any atom is -0.354 e. The fraction of sp³-hybridized carbons (Fsp3) is 0.364. The summed E-state index contributed by atoms with van der Waals surface area (Å²) >= 11 is 0. The number of carbonyl (C=O) groups is 2. The molecule has 2 amide bonds. The van der Waals surface area contributed by atoms with E-state index in [9.17, 15) is 24.1 Å². The van der Waals surface area contributed by atoms with Gasteiger partial charge in [0.05, 0.1) is 11.3 Å². The van der Waals surface area contributed by atoms with Crippen molar-refractivity contribution in [3.63, 3.8) is 0 Å². The van der Waals surface area contributed by atoms with E-state index in [4.69, 9.17) is 0 Å². The average molecular weight is 415 g/mol. The van der Waals surface area contributed by atoms with Crippen LogP contribution in [0.4, 0.5) is 10.1 Å². The number of rotatable bonds is 10. The van der Waals surface area contributed by atoms with Gasteiger partial charge in [0, 0.05) is 30.3 Å². The van der Waals surface area contributed by atoms with Gasteiger partial charge in [-0.15, -0.1) is 0 Å². The lowest BCUT2D eigenvalue weighted by molar-refractivity contribution is -0.385. The highest BCUT2D eigenvalue weighted by atomic mass is 19.1. The summed E-state index contributed by atoms with van der Waals surface area (Å²) in [4.78, 5) is 37.6. The van der Waals surface area contributed by atoms with E-state index in [1.807, 2.05) is 6.92 Å². The molecule has 7 nitrogen and oxygen atoms in total. The van der Waals surface area contributed by atoms with Crippen molar-refractivity contribution in [1.82, 2.24) is 10.2 Å². The normalized spacial score (nSPS) is 11.6. The zero-order valence-corrected chi connectivity index (χ0v) is 17.1. The monoisotopic (exact) mass is 415 g/mol. The van der Waals surface area contributed by atoms with Gasteiger partial charge in [0.25, 0.3) is 5.69 Å². The molecule has 0 saturated carbocycles. The third-order valence-electron chi connectivity index (χ3n) is 4.83. The average Bonchev–Trinajstić information content (AvgIpc) is 2.73. The standard InChI is InChI=1S/C22H26FN3O4/c1-3-4-13-24-22(28)16(2)25(15-18-10-5-7-11-19(18)23)21(27)14-17-9-6-8-12-20(17)26(29)30/h5-12,16H,3-4,13-15H2,1-2H3,(H,24,28)/t16-/m1/s1. The first kappa shape index (κ1) is 23.0. The number of nitrogens with zero attached hydrogens (tertiary/aromatic N) is 2. The van der Waals surface area contributed by atoms with Crippen molar-refractivity contribution >= 4 is 17.5 Å². The molecule has 2 aromatic rings.